The van der Waals surface area contributed by atoms with Crippen LogP contribution in [0.3, 0.4) is 0 Å². The molecule has 0 rings (SSSR count). The number of unbranched alkanes of at least 4 members (excludes halogenated alkanes) is 1. The van der Waals surface area contributed by atoms with Gasteiger partial charge < -0.3 is 10.2 Å². The van der Waals surface area contributed by atoms with Crippen LogP contribution in [0.15, 0.2) is 0 Å². The third-order valence-electron chi connectivity index (χ3n) is 2.10. The van der Waals surface area contributed by atoms with Gasteiger partial charge in [-0.1, -0.05) is 0 Å². The molecule has 0 bridgehead atoms. The van der Waals surface area contributed by atoms with Crippen LogP contribution in [0, 0.1) is 0 Å². The van der Waals surface area contributed by atoms with Crippen LogP contribution >= 0.6 is 0 Å². The van der Waals surface area contributed by atoms with Crippen LogP contribution in [0.5, 0.6) is 0 Å². The fourth-order valence-electron chi connectivity index (χ4n) is 1.15. The molecular weight excluding hydrogens is 180 g/mol. The van der Waals surface area contributed by atoms with Crippen LogP contribution in [-0.4, -0.2) is 44.5 Å². The Hall–Kier alpha value is -0.650. The number of likely N-dealkylation sites (N-methyl/N-ethyl adjacent to an activating group) is 2. The third kappa shape index (κ3) is 7.97. The summed E-state index contributed by atoms with van der Waals surface area (Å²) in [5.74, 6) is 4.88. The lowest BCUT2D eigenvalue weighted by atomic mass is 10.2. The second kappa shape index (κ2) is 8.93. The molecule has 14 heavy (non-hydrogen) atoms. The number of hydrogen-bond acceptors (Lipinski definition) is 4. The molecule has 0 saturated heterocycles. The summed E-state index contributed by atoms with van der Waals surface area (Å²) in [6.45, 7) is 3.07. The Morgan fingerprint density at radius 1 is 1.36 bits per heavy atom. The highest BCUT2D eigenvalue weighted by atomic mass is 16.2. The van der Waals surface area contributed by atoms with E-state index in [-0.39, 0.29) is 5.91 Å². The Morgan fingerprint density at radius 2 is 2.07 bits per heavy atom. The monoisotopic (exact) mass is 202 g/mol. The van der Waals surface area contributed by atoms with Gasteiger partial charge in [-0.2, -0.15) is 0 Å². The van der Waals surface area contributed by atoms with Gasteiger partial charge in [-0.25, -0.2) is 5.84 Å². The van der Waals surface area contributed by atoms with Gasteiger partial charge in [0.15, 0.2) is 0 Å². The number of carbonyl (C=O) groups excluding carboxylic acids is 1. The van der Waals surface area contributed by atoms with Crippen molar-refractivity contribution in [2.75, 3.05) is 33.7 Å². The van der Waals surface area contributed by atoms with Gasteiger partial charge in [0, 0.05) is 19.5 Å². The van der Waals surface area contributed by atoms with E-state index < -0.39 is 0 Å². The molecule has 0 aromatic heterocycles. The van der Waals surface area contributed by atoms with E-state index in [1.807, 2.05) is 7.05 Å². The fraction of sp³-hybridized carbons (Fsp3) is 0.889. The number of rotatable bonds is 8. The lowest BCUT2D eigenvalue weighted by molar-refractivity contribution is -0.121. The predicted octanol–water partition coefficient (Wildman–Crippen LogP) is -0.702. The Labute approximate surface area is 86.0 Å². The molecule has 0 aliphatic carbocycles. The van der Waals surface area contributed by atoms with E-state index in [1.54, 1.807) is 0 Å². The van der Waals surface area contributed by atoms with Crippen LogP contribution in [0.1, 0.15) is 19.3 Å². The highest BCUT2D eigenvalue weighted by Crippen LogP contribution is 1.96. The molecule has 5 nitrogen and oxygen atoms in total. The molecule has 5 heteroatoms. The molecule has 0 aliphatic heterocycles. The largest absolute Gasteiger partial charge is 0.318 e. The molecule has 0 saturated carbocycles. The normalized spacial score (nSPS) is 10.6. The van der Waals surface area contributed by atoms with Gasteiger partial charge in [0.2, 0.25) is 5.91 Å². The number of nitrogens with two attached hydrogens (primary N) is 1. The van der Waals surface area contributed by atoms with E-state index in [9.17, 15) is 4.79 Å². The zero-order valence-corrected chi connectivity index (χ0v) is 9.18. The third-order valence-corrected chi connectivity index (χ3v) is 2.10. The lowest BCUT2D eigenvalue weighted by Crippen LogP contribution is -2.30. The van der Waals surface area contributed by atoms with Crippen LogP contribution in [-0.2, 0) is 4.79 Å². The highest BCUT2D eigenvalue weighted by Gasteiger charge is 2.00. The first kappa shape index (κ1) is 13.4. The molecule has 0 unspecified atom stereocenters. The number of carbonyl (C=O) groups is 1. The molecule has 0 radical (unpaired) electrons. The summed E-state index contributed by atoms with van der Waals surface area (Å²) < 4.78 is 0. The summed E-state index contributed by atoms with van der Waals surface area (Å²) in [6, 6.07) is 0. The first-order valence-electron chi connectivity index (χ1n) is 5.03. The molecule has 4 N–H and O–H groups in total. The van der Waals surface area contributed by atoms with Crippen molar-refractivity contribution in [2.24, 2.45) is 5.84 Å². The molecule has 0 atom stereocenters. The van der Waals surface area contributed by atoms with E-state index in [0.717, 1.165) is 32.5 Å². The topological polar surface area (TPSA) is 70.4 Å². The number of nitrogens with zero attached hydrogens (tertiary/aromatic N) is 1. The summed E-state index contributed by atoms with van der Waals surface area (Å²) in [6.07, 6.45) is 2.46. The molecule has 0 aromatic rings. The van der Waals surface area contributed by atoms with E-state index >= 15 is 0 Å². The number of hydrazine groups is 1. The SMILES string of the molecule is CNCCN(C)CCCCC(=O)NN. The van der Waals surface area contributed by atoms with E-state index in [1.165, 1.54) is 0 Å². The maximum Gasteiger partial charge on any atom is 0.233 e. The van der Waals surface area contributed by atoms with Crippen LogP contribution in [0.4, 0.5) is 0 Å². The summed E-state index contributed by atoms with van der Waals surface area (Å²) in [7, 11) is 4.03. The Kier molecular flexibility index (Phi) is 8.51. The van der Waals surface area contributed by atoms with Gasteiger partial charge >= 0.3 is 0 Å². The Bertz CT molecular complexity index is 152. The maximum absolute atomic E-state index is 10.8. The minimum atomic E-state index is -0.0807. The molecule has 0 aliphatic rings. The zero-order chi connectivity index (χ0) is 10.8. The molecule has 84 valence electrons. The number of amides is 1. The minimum Gasteiger partial charge on any atom is -0.318 e. The zero-order valence-electron chi connectivity index (χ0n) is 9.18. The summed E-state index contributed by atoms with van der Waals surface area (Å²) in [5, 5.41) is 3.09. The van der Waals surface area contributed by atoms with Crippen molar-refractivity contribution < 1.29 is 4.79 Å². The number of nitrogens with one attached hydrogen (secondary N) is 2. The molecule has 0 spiro atoms. The van der Waals surface area contributed by atoms with Crippen LogP contribution in [0.2, 0.25) is 0 Å². The van der Waals surface area contributed by atoms with E-state index in [4.69, 9.17) is 5.84 Å². The second-order valence-corrected chi connectivity index (χ2v) is 3.43. The lowest BCUT2D eigenvalue weighted by Gasteiger charge is -2.15. The highest BCUT2D eigenvalue weighted by molar-refractivity contribution is 5.74. The van der Waals surface area contributed by atoms with Gasteiger partial charge in [-0.05, 0) is 33.5 Å². The number of hydrogen-bond donors (Lipinski definition) is 3. The summed E-state index contributed by atoms with van der Waals surface area (Å²) in [4.78, 5) is 13.0. The molecular formula is C9H22N4O. The Balaban J connectivity index is 3.22. The molecule has 0 fully saturated rings. The van der Waals surface area contributed by atoms with Gasteiger partial charge in [0.1, 0.15) is 0 Å². The van der Waals surface area contributed by atoms with Crippen molar-refractivity contribution >= 4 is 5.91 Å². The smallest absolute Gasteiger partial charge is 0.233 e. The van der Waals surface area contributed by atoms with E-state index in [2.05, 4.69) is 22.7 Å². The van der Waals surface area contributed by atoms with Crippen LogP contribution in [0.25, 0.3) is 0 Å². The van der Waals surface area contributed by atoms with Gasteiger partial charge in [-0.3, -0.25) is 10.2 Å². The summed E-state index contributed by atoms with van der Waals surface area (Å²) in [5.41, 5.74) is 2.12. The van der Waals surface area contributed by atoms with Crippen molar-refractivity contribution in [1.29, 1.82) is 0 Å². The van der Waals surface area contributed by atoms with Gasteiger partial charge in [-0.15, -0.1) is 0 Å². The first-order chi connectivity index (χ1) is 6.70. The standard InChI is InChI=1S/C9H22N4O/c1-11-6-8-13(2)7-4-3-5-9(14)12-10/h11H,3-8,10H2,1-2H3,(H,12,14). The molecule has 0 aromatic carbocycles. The van der Waals surface area contributed by atoms with Gasteiger partial charge in [0.25, 0.3) is 0 Å². The quantitative estimate of drug-likeness (QED) is 0.211. The van der Waals surface area contributed by atoms with Crippen molar-refractivity contribution in [3.05, 3.63) is 0 Å². The van der Waals surface area contributed by atoms with Crippen molar-refractivity contribution in [3.63, 3.8) is 0 Å². The fourth-order valence-corrected chi connectivity index (χ4v) is 1.15. The average Bonchev–Trinajstić information content (AvgIpc) is 2.21. The van der Waals surface area contributed by atoms with E-state index in [0.29, 0.717) is 6.42 Å². The Morgan fingerprint density at radius 3 is 2.64 bits per heavy atom. The minimum absolute atomic E-state index is 0.0807. The van der Waals surface area contributed by atoms with Crippen molar-refractivity contribution in [1.82, 2.24) is 15.6 Å². The predicted molar refractivity (Wildman–Crippen MR) is 57.6 cm³/mol. The second-order valence-electron chi connectivity index (χ2n) is 3.43. The molecule has 0 heterocycles. The molecule has 1 amide bonds. The average molecular weight is 202 g/mol. The van der Waals surface area contributed by atoms with Crippen molar-refractivity contribution in [2.45, 2.75) is 19.3 Å². The van der Waals surface area contributed by atoms with Crippen LogP contribution < -0.4 is 16.6 Å². The summed E-state index contributed by atoms with van der Waals surface area (Å²) >= 11 is 0. The first-order valence-corrected chi connectivity index (χ1v) is 5.03. The van der Waals surface area contributed by atoms with Gasteiger partial charge in [0.05, 0.1) is 0 Å². The van der Waals surface area contributed by atoms with Crippen molar-refractivity contribution in [3.8, 4) is 0 Å². The maximum atomic E-state index is 10.8.